The fourth-order valence-corrected chi connectivity index (χ4v) is 0.534. The third-order valence-electron chi connectivity index (χ3n) is 0.940. The summed E-state index contributed by atoms with van der Waals surface area (Å²) in [5.74, 6) is 0. The summed E-state index contributed by atoms with van der Waals surface area (Å²) in [6.07, 6.45) is 0. The van der Waals surface area contributed by atoms with Crippen LogP contribution in [0.2, 0.25) is 0 Å². The highest BCUT2D eigenvalue weighted by Gasteiger charge is 1.72. The highest BCUT2D eigenvalue weighted by molar-refractivity contribution is 5.75. The van der Waals surface area contributed by atoms with Gasteiger partial charge in [0.1, 0.15) is 0 Å². The monoisotopic (exact) mass is 101 g/mol. The van der Waals surface area contributed by atoms with Crippen molar-refractivity contribution in [3.8, 4) is 0 Å². The van der Waals surface area contributed by atoms with Gasteiger partial charge in [-0.15, -0.1) is 0 Å². The van der Waals surface area contributed by atoms with Gasteiger partial charge in [-0.25, -0.2) is 0 Å². The van der Waals surface area contributed by atoms with Gasteiger partial charge in [0, 0.05) is 0 Å². The number of hydrogen-bond donors (Lipinski definition) is 0. The van der Waals surface area contributed by atoms with Crippen LogP contribution in [0, 0.1) is 6.92 Å². The fraction of sp³-hybridized carbons (Fsp3) is 0.143. The highest BCUT2D eigenvalue weighted by Crippen LogP contribution is 1.92. The summed E-state index contributed by atoms with van der Waals surface area (Å²) in [4.78, 5) is 0. The van der Waals surface area contributed by atoms with Crippen LogP contribution in [0.5, 0.6) is 0 Å². The van der Waals surface area contributed by atoms with Crippen molar-refractivity contribution in [1.29, 1.82) is 0 Å². The van der Waals surface area contributed by atoms with E-state index in [0.29, 0.717) is 0 Å². The highest BCUT2D eigenvalue weighted by atomic mass is 13.8. The van der Waals surface area contributed by atoms with Gasteiger partial charge in [-0.1, -0.05) is 35.9 Å². The first-order chi connectivity index (χ1) is 3.39. The van der Waals surface area contributed by atoms with E-state index in [1.807, 2.05) is 18.2 Å². The number of hydrogen-bond acceptors (Lipinski definition) is 0. The molecule has 1 aromatic carbocycles. The van der Waals surface area contributed by atoms with E-state index in [9.17, 15) is 0 Å². The molecule has 0 unspecified atom stereocenters. The van der Waals surface area contributed by atoms with E-state index in [4.69, 9.17) is 0 Å². The Kier molecular flexibility index (Phi) is 3.20. The van der Waals surface area contributed by atoms with Crippen molar-refractivity contribution in [1.82, 2.24) is 0 Å². The molecule has 0 saturated heterocycles. The minimum Gasteiger partial charge on any atom is -0.0622 e. The summed E-state index contributed by atoms with van der Waals surface area (Å²) in [6.45, 7) is 2.08. The second kappa shape index (κ2) is 3.44. The third kappa shape index (κ3) is 1.94. The summed E-state index contributed by atoms with van der Waals surface area (Å²) in [7, 11) is 0. The Morgan fingerprint density at radius 1 is 1.00 bits per heavy atom. The van der Waals surface area contributed by atoms with Crippen LogP contribution in [-0.2, 0) is 0 Å². The van der Waals surface area contributed by atoms with E-state index in [2.05, 4.69) is 19.1 Å². The lowest BCUT2D eigenvalue weighted by molar-refractivity contribution is 1.48. The van der Waals surface area contributed by atoms with E-state index < -0.39 is 0 Å². The maximum atomic E-state index is 2.08. The van der Waals surface area contributed by atoms with E-state index in [1.54, 1.807) is 0 Å². The van der Waals surface area contributed by atoms with Crippen LogP contribution in [0.1, 0.15) is 5.56 Å². The SMILES string of the molecule is Cc1ccccc1.[5SiH4]. The smallest absolute Gasteiger partial charge is 0.0149 e. The summed E-state index contributed by atoms with van der Waals surface area (Å²) in [5, 5.41) is 0. The number of aryl methyl sites for hydroxylation is 1. The summed E-state index contributed by atoms with van der Waals surface area (Å²) >= 11 is 0. The van der Waals surface area contributed by atoms with Gasteiger partial charge in [0.15, 0.2) is 0 Å². The average molecular weight is 101 g/mol. The van der Waals surface area contributed by atoms with Gasteiger partial charge in [0.25, 0.3) is 0 Å². The van der Waals surface area contributed by atoms with E-state index in [0.717, 1.165) is 0 Å². The van der Waals surface area contributed by atoms with Gasteiger partial charge in [-0.05, 0) is 17.9 Å². The second-order valence-corrected chi connectivity index (χ2v) is 1.65. The Morgan fingerprint density at radius 2 is 1.50 bits per heavy atom. The number of benzene rings is 1. The molecule has 0 aliphatic rings. The first kappa shape index (κ1) is 7.44. The van der Waals surface area contributed by atoms with Crippen LogP contribution < -0.4 is 0 Å². The van der Waals surface area contributed by atoms with Crippen molar-refractivity contribution in [2.24, 2.45) is 0 Å². The van der Waals surface area contributed by atoms with Crippen LogP contribution in [0.25, 0.3) is 0 Å². The standard InChI is InChI=1S/C7H8.H4Si/c1-7-5-3-2-4-6-7;/h2-6H,1H3;1H4/i;1-23. The van der Waals surface area contributed by atoms with Gasteiger partial charge in [0.05, 0.1) is 0 Å². The van der Waals surface area contributed by atoms with E-state index in [-0.39, 0.29) is 11.0 Å². The molecule has 0 nitrogen and oxygen atoms in total. The van der Waals surface area contributed by atoms with Gasteiger partial charge < -0.3 is 0 Å². The first-order valence-corrected chi connectivity index (χ1v) is 2.41. The molecule has 0 spiro atoms. The summed E-state index contributed by atoms with van der Waals surface area (Å²) < 4.78 is 0. The molecule has 0 aliphatic carbocycles. The maximum Gasteiger partial charge on any atom is -0.0149 e. The molecule has 0 atom stereocenters. The molecule has 0 saturated carbocycles. The summed E-state index contributed by atoms with van der Waals surface area (Å²) in [6, 6.07) is 10.3. The molecule has 0 amide bonds. The Hall–Kier alpha value is -0.563. The topological polar surface area (TPSA) is 0 Å². The first-order valence-electron chi connectivity index (χ1n) is 2.41. The molecule has 1 heteroatoms. The minimum atomic E-state index is 0. The van der Waals surface area contributed by atoms with Crippen LogP contribution in [0.4, 0.5) is 0 Å². The molecular weight excluding hydrogens is 89.1 g/mol. The lowest BCUT2D eigenvalue weighted by Crippen LogP contribution is -1.62. The molecule has 0 N–H and O–H groups in total. The molecular formula is C7H12Si. The zero-order chi connectivity index (χ0) is 5.11. The van der Waals surface area contributed by atoms with Crippen molar-refractivity contribution in [2.45, 2.75) is 6.92 Å². The molecule has 1 aromatic rings. The average Bonchev–Trinajstić information content (AvgIpc) is 1.69. The van der Waals surface area contributed by atoms with Crippen molar-refractivity contribution < 1.29 is 0 Å². The normalized spacial score (nSPS) is 7.62. The van der Waals surface area contributed by atoms with Gasteiger partial charge in [0.2, 0.25) is 0 Å². The Balaban J connectivity index is 0.000000490. The van der Waals surface area contributed by atoms with Crippen molar-refractivity contribution >= 4 is 11.0 Å². The molecule has 0 aromatic heterocycles. The van der Waals surface area contributed by atoms with Crippen LogP contribution in [0.15, 0.2) is 30.3 Å². The van der Waals surface area contributed by atoms with Gasteiger partial charge >= 0.3 is 0 Å². The van der Waals surface area contributed by atoms with Crippen molar-refractivity contribution in [3.05, 3.63) is 35.9 Å². The maximum absolute atomic E-state index is 2.08. The molecule has 0 aliphatic heterocycles. The van der Waals surface area contributed by atoms with Gasteiger partial charge in [-0.3, -0.25) is 0 Å². The predicted molar refractivity (Wildman–Crippen MR) is 42.5 cm³/mol. The third-order valence-corrected chi connectivity index (χ3v) is 0.940. The van der Waals surface area contributed by atoms with E-state index >= 15 is 0 Å². The van der Waals surface area contributed by atoms with E-state index in [1.165, 1.54) is 5.56 Å². The molecule has 1 rings (SSSR count). The molecule has 44 valence electrons. The van der Waals surface area contributed by atoms with Crippen LogP contribution in [-0.4, -0.2) is 11.0 Å². The largest absolute Gasteiger partial charge is 0.0622 e. The predicted octanol–water partition coefficient (Wildman–Crippen LogP) is 0.543. The Morgan fingerprint density at radius 3 is 1.75 bits per heavy atom. The quantitative estimate of drug-likeness (QED) is 0.418. The molecule has 0 radical (unpaired) electrons. The lowest BCUT2D eigenvalue weighted by atomic mass is 5.00. The minimum absolute atomic E-state index is 0. The zero-order valence-electron chi connectivity index (χ0n) is 4.39. The fourth-order valence-electron chi connectivity index (χ4n) is 0.534. The lowest BCUT2D eigenvalue weighted by Gasteiger charge is -1.82. The van der Waals surface area contributed by atoms with Crippen molar-refractivity contribution in [2.75, 3.05) is 0 Å². The van der Waals surface area contributed by atoms with Crippen LogP contribution in [0.3, 0.4) is 0 Å². The Bertz CT molecular complexity index is 134. The molecule has 0 heterocycles. The molecule has 0 fully saturated rings. The molecule has 8 heavy (non-hydrogen) atoms. The van der Waals surface area contributed by atoms with Gasteiger partial charge in [-0.2, -0.15) is 0 Å². The van der Waals surface area contributed by atoms with Crippen LogP contribution >= 0.6 is 0 Å². The van der Waals surface area contributed by atoms with Crippen molar-refractivity contribution in [3.63, 3.8) is 0 Å². The number of rotatable bonds is 0. The zero-order valence-corrected chi connectivity index (χ0v) is 4.39. The summed E-state index contributed by atoms with van der Waals surface area (Å²) in [5.41, 5.74) is 1.32. The second-order valence-electron chi connectivity index (χ2n) is 1.65. The Labute approximate surface area is 54.6 Å². The molecule has 0 bridgehead atoms.